The third-order valence-corrected chi connectivity index (χ3v) is 4.35. The van der Waals surface area contributed by atoms with Gasteiger partial charge in [0.25, 0.3) is 0 Å². The molecule has 0 saturated heterocycles. The highest BCUT2D eigenvalue weighted by Gasteiger charge is 2.48. The van der Waals surface area contributed by atoms with Crippen molar-refractivity contribution in [2.45, 2.75) is 38.5 Å². The Balaban J connectivity index is 0.000000196. The van der Waals surface area contributed by atoms with Gasteiger partial charge in [0.2, 0.25) is 0 Å². The molecule has 0 aromatic rings. The predicted octanol–water partition coefficient (Wildman–Crippen LogP) is 2.67. The quantitative estimate of drug-likeness (QED) is 0.606. The van der Waals surface area contributed by atoms with Crippen molar-refractivity contribution in [1.82, 2.24) is 5.32 Å². The van der Waals surface area contributed by atoms with Crippen molar-refractivity contribution in [3.05, 3.63) is 0 Å². The molecular weight excluding hydrogens is 158 g/mol. The summed E-state index contributed by atoms with van der Waals surface area (Å²) < 4.78 is 0. The van der Waals surface area contributed by atoms with Gasteiger partial charge in [-0.15, -0.1) is 0 Å². The van der Waals surface area contributed by atoms with E-state index in [9.17, 15) is 0 Å². The van der Waals surface area contributed by atoms with Gasteiger partial charge in [-0.05, 0) is 69.9 Å². The van der Waals surface area contributed by atoms with E-state index in [-0.39, 0.29) is 0 Å². The average molecular weight is 181 g/mol. The van der Waals surface area contributed by atoms with Crippen molar-refractivity contribution in [1.29, 1.82) is 0 Å². The Morgan fingerprint density at radius 2 is 1.31 bits per heavy atom. The summed E-state index contributed by atoms with van der Waals surface area (Å²) in [7, 11) is 3.75. The van der Waals surface area contributed by atoms with Crippen molar-refractivity contribution < 1.29 is 0 Å². The lowest BCUT2D eigenvalue weighted by molar-refractivity contribution is 0.259. The van der Waals surface area contributed by atoms with Crippen molar-refractivity contribution >= 4 is 0 Å². The smallest absolute Gasteiger partial charge is 0.0167 e. The van der Waals surface area contributed by atoms with Gasteiger partial charge in [-0.3, -0.25) is 0 Å². The standard InChI is InChI=1S/C10H16.C2H7N/c1-2-9-7-4-5-8(6-7)10(9)3-1;1-3-2/h7-10H,1-6H2;3H,1-2H3. The Kier molecular flexibility index (Phi) is 2.92. The number of hydrogen-bond donors (Lipinski definition) is 1. The normalized spacial score (nSPS) is 45.7. The van der Waals surface area contributed by atoms with E-state index in [2.05, 4.69) is 5.32 Å². The number of nitrogens with one attached hydrogen (secondary N) is 1. The Morgan fingerprint density at radius 1 is 0.846 bits per heavy atom. The van der Waals surface area contributed by atoms with E-state index < -0.39 is 0 Å². The minimum absolute atomic E-state index is 1.19. The van der Waals surface area contributed by atoms with Crippen molar-refractivity contribution in [2.75, 3.05) is 14.1 Å². The monoisotopic (exact) mass is 181 g/mol. The second kappa shape index (κ2) is 4.00. The molecule has 2 bridgehead atoms. The van der Waals surface area contributed by atoms with E-state index >= 15 is 0 Å². The van der Waals surface area contributed by atoms with Crippen LogP contribution in [0.5, 0.6) is 0 Å². The van der Waals surface area contributed by atoms with Gasteiger partial charge in [-0.2, -0.15) is 0 Å². The zero-order valence-electron chi connectivity index (χ0n) is 9.05. The average Bonchev–Trinajstić information content (AvgIpc) is 2.79. The Morgan fingerprint density at radius 3 is 1.77 bits per heavy atom. The molecule has 1 nitrogen and oxygen atoms in total. The minimum Gasteiger partial charge on any atom is -0.323 e. The molecule has 76 valence electrons. The zero-order chi connectivity index (χ0) is 9.26. The molecule has 0 aliphatic heterocycles. The number of hydrogen-bond acceptors (Lipinski definition) is 1. The van der Waals surface area contributed by atoms with Crippen LogP contribution in [-0.4, -0.2) is 14.1 Å². The van der Waals surface area contributed by atoms with Gasteiger partial charge in [-0.25, -0.2) is 0 Å². The molecule has 0 radical (unpaired) electrons. The Hall–Kier alpha value is -0.0400. The molecule has 0 aromatic carbocycles. The molecule has 0 spiro atoms. The molecule has 3 aliphatic rings. The summed E-state index contributed by atoms with van der Waals surface area (Å²) in [6.07, 6.45) is 9.53. The van der Waals surface area contributed by atoms with Crippen LogP contribution in [0.15, 0.2) is 0 Å². The van der Waals surface area contributed by atoms with Gasteiger partial charge in [0.15, 0.2) is 0 Å². The largest absolute Gasteiger partial charge is 0.323 e. The molecule has 4 unspecified atom stereocenters. The van der Waals surface area contributed by atoms with Crippen LogP contribution in [0.3, 0.4) is 0 Å². The zero-order valence-corrected chi connectivity index (χ0v) is 9.05. The van der Waals surface area contributed by atoms with Gasteiger partial charge < -0.3 is 5.32 Å². The van der Waals surface area contributed by atoms with Gasteiger partial charge >= 0.3 is 0 Å². The van der Waals surface area contributed by atoms with E-state index in [0.29, 0.717) is 0 Å². The van der Waals surface area contributed by atoms with Crippen LogP contribution in [0.1, 0.15) is 38.5 Å². The first-order valence-corrected chi connectivity index (χ1v) is 5.95. The van der Waals surface area contributed by atoms with Crippen LogP contribution in [0.4, 0.5) is 0 Å². The molecule has 0 amide bonds. The molecule has 1 heteroatoms. The summed E-state index contributed by atoms with van der Waals surface area (Å²) in [6.45, 7) is 0. The first-order valence-electron chi connectivity index (χ1n) is 5.95. The molecule has 3 saturated carbocycles. The van der Waals surface area contributed by atoms with Crippen LogP contribution >= 0.6 is 0 Å². The summed E-state index contributed by atoms with van der Waals surface area (Å²) in [5, 5.41) is 2.75. The molecule has 1 N–H and O–H groups in total. The van der Waals surface area contributed by atoms with E-state index in [4.69, 9.17) is 0 Å². The van der Waals surface area contributed by atoms with Crippen LogP contribution in [0.25, 0.3) is 0 Å². The summed E-state index contributed by atoms with van der Waals surface area (Å²) in [5.41, 5.74) is 0. The van der Waals surface area contributed by atoms with E-state index in [1.165, 1.54) is 23.7 Å². The van der Waals surface area contributed by atoms with E-state index in [1.807, 2.05) is 14.1 Å². The molecule has 0 heterocycles. The fourth-order valence-electron chi connectivity index (χ4n) is 4.02. The highest BCUT2D eigenvalue weighted by molar-refractivity contribution is 4.98. The lowest BCUT2D eigenvalue weighted by atomic mass is 9.82. The lowest BCUT2D eigenvalue weighted by Gasteiger charge is -2.23. The topological polar surface area (TPSA) is 12.0 Å². The fraction of sp³-hybridized carbons (Fsp3) is 1.00. The number of fused-ring (bicyclic) bond motifs is 5. The summed E-state index contributed by atoms with van der Waals surface area (Å²) in [4.78, 5) is 0. The molecule has 13 heavy (non-hydrogen) atoms. The third-order valence-electron chi connectivity index (χ3n) is 4.35. The summed E-state index contributed by atoms with van der Waals surface area (Å²) in [6, 6.07) is 0. The molecule has 3 fully saturated rings. The molecule has 3 rings (SSSR count). The second-order valence-corrected chi connectivity index (χ2v) is 5.09. The van der Waals surface area contributed by atoms with Crippen molar-refractivity contribution in [2.24, 2.45) is 23.7 Å². The first kappa shape index (κ1) is 9.51. The Labute approximate surface area is 82.3 Å². The van der Waals surface area contributed by atoms with Gasteiger partial charge in [-0.1, -0.05) is 6.42 Å². The maximum absolute atomic E-state index is 2.75. The van der Waals surface area contributed by atoms with Gasteiger partial charge in [0.05, 0.1) is 0 Å². The van der Waals surface area contributed by atoms with E-state index in [0.717, 1.165) is 0 Å². The van der Waals surface area contributed by atoms with Crippen LogP contribution in [-0.2, 0) is 0 Å². The molecule has 0 aromatic heterocycles. The SMILES string of the molecule is C1CC2C3CCC(C3)C2C1.CNC. The summed E-state index contributed by atoms with van der Waals surface area (Å²) in [5.74, 6) is 4.80. The molecule has 4 atom stereocenters. The molecule has 3 aliphatic carbocycles. The van der Waals surface area contributed by atoms with Crippen molar-refractivity contribution in [3.63, 3.8) is 0 Å². The highest BCUT2D eigenvalue weighted by atomic mass is 14.7. The van der Waals surface area contributed by atoms with Gasteiger partial charge in [0, 0.05) is 0 Å². The lowest BCUT2D eigenvalue weighted by Crippen LogP contribution is -2.15. The minimum atomic E-state index is 1.19. The highest BCUT2D eigenvalue weighted by Crippen LogP contribution is 2.58. The van der Waals surface area contributed by atoms with Crippen LogP contribution in [0, 0.1) is 23.7 Å². The predicted molar refractivity (Wildman–Crippen MR) is 56.6 cm³/mol. The van der Waals surface area contributed by atoms with Gasteiger partial charge in [0.1, 0.15) is 0 Å². The van der Waals surface area contributed by atoms with E-state index in [1.54, 1.807) is 38.5 Å². The van der Waals surface area contributed by atoms with Crippen LogP contribution < -0.4 is 5.32 Å². The fourth-order valence-corrected chi connectivity index (χ4v) is 4.02. The summed E-state index contributed by atoms with van der Waals surface area (Å²) >= 11 is 0. The van der Waals surface area contributed by atoms with Crippen molar-refractivity contribution in [3.8, 4) is 0 Å². The maximum atomic E-state index is 2.75. The number of rotatable bonds is 0. The Bertz CT molecular complexity index is 151. The maximum Gasteiger partial charge on any atom is -0.0167 e. The third kappa shape index (κ3) is 1.63. The molecular formula is C12H23N. The second-order valence-electron chi connectivity index (χ2n) is 5.09. The first-order chi connectivity index (χ1) is 6.36. The van der Waals surface area contributed by atoms with Crippen LogP contribution in [0.2, 0.25) is 0 Å².